The van der Waals surface area contributed by atoms with Crippen molar-refractivity contribution < 1.29 is 43.3 Å². The Morgan fingerprint density at radius 1 is 1.05 bits per heavy atom. The zero-order valence-corrected chi connectivity index (χ0v) is 23.9. The summed E-state index contributed by atoms with van der Waals surface area (Å²) in [4.78, 5) is 70.1. The number of carboxylic acid groups (broad SMARTS) is 1. The maximum absolute atomic E-state index is 13.5. The highest BCUT2D eigenvalue weighted by atomic mass is 16.6. The Balaban J connectivity index is 1.86. The van der Waals surface area contributed by atoms with Crippen LogP contribution in [0.3, 0.4) is 0 Å². The van der Waals surface area contributed by atoms with Crippen LogP contribution in [0.15, 0.2) is 24.3 Å². The van der Waals surface area contributed by atoms with Crippen LogP contribution in [0.5, 0.6) is 5.75 Å². The third kappa shape index (κ3) is 8.78. The van der Waals surface area contributed by atoms with Crippen molar-refractivity contribution in [2.24, 2.45) is 0 Å². The maximum Gasteiger partial charge on any atom is 0.409 e. The van der Waals surface area contributed by atoms with Crippen LogP contribution in [-0.2, 0) is 23.9 Å². The van der Waals surface area contributed by atoms with Gasteiger partial charge < -0.3 is 34.4 Å². The van der Waals surface area contributed by atoms with E-state index in [0.717, 1.165) is 5.56 Å². The topological polar surface area (TPSA) is 165 Å². The number of hydrogen-bond acceptors (Lipinski definition) is 9. The summed E-state index contributed by atoms with van der Waals surface area (Å²) < 4.78 is 15.8. The van der Waals surface area contributed by atoms with Crippen molar-refractivity contribution >= 4 is 40.7 Å². The normalized spacial score (nSPS) is 14.3. The van der Waals surface area contributed by atoms with Crippen LogP contribution in [-0.4, -0.2) is 101 Å². The molecule has 0 aliphatic carbocycles. The van der Waals surface area contributed by atoms with Gasteiger partial charge in [0.05, 0.1) is 18.5 Å². The van der Waals surface area contributed by atoms with Gasteiger partial charge in [0, 0.05) is 37.6 Å². The molecular formula is C28H36N4O9. The monoisotopic (exact) mass is 572 g/mol. The predicted molar refractivity (Wildman–Crippen MR) is 147 cm³/mol. The molecule has 0 unspecified atom stereocenters. The van der Waals surface area contributed by atoms with Crippen LogP contribution < -0.4 is 10.1 Å². The number of ether oxygens (including phenoxy) is 3. The average Bonchev–Trinajstić information content (AvgIpc) is 2.89. The van der Waals surface area contributed by atoms with Gasteiger partial charge in [0.25, 0.3) is 5.91 Å². The largest absolute Gasteiger partial charge is 0.481 e. The molecule has 0 spiro atoms. The summed E-state index contributed by atoms with van der Waals surface area (Å²) >= 11 is 0. The zero-order chi connectivity index (χ0) is 30.3. The zero-order valence-electron chi connectivity index (χ0n) is 23.9. The summed E-state index contributed by atoms with van der Waals surface area (Å²) in [5, 5.41) is 12.2. The molecule has 2 N–H and O–H groups in total. The molecule has 1 atom stereocenters. The van der Waals surface area contributed by atoms with E-state index in [9.17, 15) is 24.0 Å². The molecule has 13 nitrogen and oxygen atoms in total. The van der Waals surface area contributed by atoms with E-state index in [4.69, 9.17) is 19.3 Å². The second-order valence-electron chi connectivity index (χ2n) is 10.5. The number of nitrogens with one attached hydrogen (secondary N) is 1. The van der Waals surface area contributed by atoms with Gasteiger partial charge in [-0.05, 0) is 52.3 Å². The summed E-state index contributed by atoms with van der Waals surface area (Å²) in [7, 11) is 0. The minimum Gasteiger partial charge on any atom is -0.481 e. The van der Waals surface area contributed by atoms with E-state index in [2.05, 4.69) is 10.3 Å². The quantitative estimate of drug-likeness (QED) is 0.425. The molecule has 41 heavy (non-hydrogen) atoms. The summed E-state index contributed by atoms with van der Waals surface area (Å²) in [5.41, 5.74) is 0.307. The number of amides is 3. The van der Waals surface area contributed by atoms with Crippen LogP contribution in [0.1, 0.15) is 50.2 Å². The molecule has 1 aliphatic rings. The number of esters is 1. The van der Waals surface area contributed by atoms with Gasteiger partial charge in [-0.25, -0.2) is 14.6 Å². The molecule has 0 saturated carbocycles. The number of piperazine rings is 1. The number of carboxylic acids is 1. The Kier molecular flexibility index (Phi) is 10.1. The third-order valence-corrected chi connectivity index (χ3v) is 6.02. The maximum atomic E-state index is 13.5. The molecule has 3 rings (SSSR count). The molecule has 2 aromatic rings. The number of carbonyl (C=O) groups excluding carboxylic acids is 4. The summed E-state index contributed by atoms with van der Waals surface area (Å²) in [6.45, 7) is 9.02. The Morgan fingerprint density at radius 2 is 1.71 bits per heavy atom. The molecule has 1 aliphatic heterocycles. The van der Waals surface area contributed by atoms with Crippen LogP contribution in [0.2, 0.25) is 0 Å². The van der Waals surface area contributed by atoms with Gasteiger partial charge in [0.15, 0.2) is 6.61 Å². The lowest BCUT2D eigenvalue weighted by Crippen LogP contribution is -2.56. The number of pyridine rings is 1. The van der Waals surface area contributed by atoms with Crippen molar-refractivity contribution in [3.05, 3.63) is 35.5 Å². The fraction of sp³-hybridized carbons (Fsp3) is 0.500. The minimum absolute atomic E-state index is 0.127. The first-order valence-corrected chi connectivity index (χ1v) is 13.3. The minimum atomic E-state index is -1.29. The van der Waals surface area contributed by atoms with Gasteiger partial charge in [-0.3, -0.25) is 14.4 Å². The molecule has 222 valence electrons. The van der Waals surface area contributed by atoms with E-state index in [-0.39, 0.29) is 44.2 Å². The lowest BCUT2D eigenvalue weighted by Gasteiger charge is -2.36. The Hall–Kier alpha value is -4.42. The molecule has 0 bridgehead atoms. The van der Waals surface area contributed by atoms with Gasteiger partial charge in [-0.15, -0.1) is 0 Å². The number of fused-ring (bicyclic) bond motifs is 1. The van der Waals surface area contributed by atoms with E-state index in [1.54, 1.807) is 45.9 Å². The highest BCUT2D eigenvalue weighted by Crippen LogP contribution is 2.27. The second kappa shape index (κ2) is 13.3. The highest BCUT2D eigenvalue weighted by Gasteiger charge is 2.33. The molecule has 3 amide bonds. The highest BCUT2D eigenvalue weighted by molar-refractivity contribution is 6.00. The number of benzene rings is 1. The molecule has 2 heterocycles. The first-order valence-electron chi connectivity index (χ1n) is 13.3. The summed E-state index contributed by atoms with van der Waals surface area (Å²) in [6, 6.07) is 5.23. The van der Waals surface area contributed by atoms with Crippen molar-refractivity contribution in [1.29, 1.82) is 0 Å². The van der Waals surface area contributed by atoms with E-state index in [1.165, 1.54) is 15.9 Å². The number of aromatic nitrogens is 1. The fourth-order valence-electron chi connectivity index (χ4n) is 4.21. The predicted octanol–water partition coefficient (Wildman–Crippen LogP) is 2.14. The fourth-order valence-corrected chi connectivity index (χ4v) is 4.21. The molecule has 13 heteroatoms. The van der Waals surface area contributed by atoms with E-state index < -0.39 is 54.5 Å². The molecule has 0 radical (unpaired) electrons. The molecular weight excluding hydrogens is 536 g/mol. The van der Waals surface area contributed by atoms with Crippen molar-refractivity contribution in [2.75, 3.05) is 39.4 Å². The van der Waals surface area contributed by atoms with Crippen LogP contribution >= 0.6 is 0 Å². The summed E-state index contributed by atoms with van der Waals surface area (Å²) in [6.07, 6.45) is -0.911. The number of aliphatic carboxylic acids is 1. The number of nitrogens with zero attached hydrogens (tertiary/aromatic N) is 3. The molecule has 1 saturated heterocycles. The first-order chi connectivity index (χ1) is 19.3. The number of rotatable bonds is 9. The third-order valence-electron chi connectivity index (χ3n) is 6.02. The van der Waals surface area contributed by atoms with Crippen molar-refractivity contribution in [1.82, 2.24) is 20.1 Å². The van der Waals surface area contributed by atoms with Crippen molar-refractivity contribution in [2.45, 2.75) is 52.7 Å². The van der Waals surface area contributed by atoms with Gasteiger partial charge in [-0.2, -0.15) is 0 Å². The van der Waals surface area contributed by atoms with Gasteiger partial charge in [0.1, 0.15) is 23.1 Å². The molecule has 1 aromatic carbocycles. The number of carbonyl (C=O) groups is 5. The Bertz CT molecular complexity index is 1310. The van der Waals surface area contributed by atoms with Gasteiger partial charge in [-0.1, -0.05) is 6.07 Å². The lowest BCUT2D eigenvalue weighted by molar-refractivity contribution is -0.157. The number of aryl methyl sites for hydroxylation is 1. The smallest absolute Gasteiger partial charge is 0.409 e. The number of hydrogen-bond donors (Lipinski definition) is 2. The Labute approximate surface area is 237 Å². The van der Waals surface area contributed by atoms with E-state index in [0.29, 0.717) is 10.9 Å². The average molecular weight is 573 g/mol. The van der Waals surface area contributed by atoms with Crippen molar-refractivity contribution in [3.63, 3.8) is 0 Å². The molecule has 1 fully saturated rings. The second-order valence-corrected chi connectivity index (χ2v) is 10.5. The van der Waals surface area contributed by atoms with Gasteiger partial charge in [0.2, 0.25) is 5.91 Å². The lowest BCUT2D eigenvalue weighted by atomic mass is 10.1. The first kappa shape index (κ1) is 31.1. The SMILES string of the molecule is CCOC(=O)N1CCN(C(=O)[C@H](CC(=O)OC(C)(C)C)NC(=O)c2cc(OCC(=O)O)c3ccc(C)cc3n2)CC1. The standard InChI is InChI=1S/C28H36N4O9/c1-6-39-27(38)32-11-9-31(10-12-32)26(37)21(15-24(35)41-28(3,4)5)30-25(36)20-14-22(40-16-23(33)34)18-8-7-17(2)13-19(18)29-20/h7-8,13-14,21H,6,9-12,15-16H2,1-5H3,(H,30,36)(H,33,34)/t21-/m0/s1. The van der Waals surface area contributed by atoms with Gasteiger partial charge >= 0.3 is 18.0 Å². The summed E-state index contributed by atoms with van der Waals surface area (Å²) in [5.74, 6) is -3.03. The van der Waals surface area contributed by atoms with E-state index in [1.807, 2.05) is 6.92 Å². The molecule has 1 aromatic heterocycles. The van der Waals surface area contributed by atoms with Crippen LogP contribution in [0, 0.1) is 6.92 Å². The van der Waals surface area contributed by atoms with Crippen LogP contribution in [0.4, 0.5) is 4.79 Å². The Morgan fingerprint density at radius 3 is 2.32 bits per heavy atom. The van der Waals surface area contributed by atoms with E-state index >= 15 is 0 Å². The van der Waals surface area contributed by atoms with Crippen LogP contribution in [0.25, 0.3) is 10.9 Å². The van der Waals surface area contributed by atoms with Crippen molar-refractivity contribution in [3.8, 4) is 5.75 Å².